The van der Waals surface area contributed by atoms with Crippen LogP contribution in [0.15, 0.2) is 24.8 Å². The Morgan fingerprint density at radius 2 is 1.81 bits per heavy atom. The number of carbonyl (C=O) groups is 2. The van der Waals surface area contributed by atoms with Crippen molar-refractivity contribution in [2.75, 3.05) is 25.0 Å². The predicted molar refractivity (Wildman–Crippen MR) is 84.4 cm³/mol. The average molecular weight is 352 g/mol. The van der Waals surface area contributed by atoms with Crippen molar-refractivity contribution in [2.45, 2.75) is 0 Å². The van der Waals surface area contributed by atoms with Crippen LogP contribution in [0.2, 0.25) is 15.1 Å². The molecule has 0 unspecified atom stereocenters. The van der Waals surface area contributed by atoms with Gasteiger partial charge >= 0.3 is 5.97 Å². The lowest BCUT2D eigenvalue weighted by Gasteiger charge is -2.18. The number of carbonyl (C=O) groups excluding carboxylic acids is 1. The molecule has 0 spiro atoms. The molecule has 0 bridgehead atoms. The van der Waals surface area contributed by atoms with E-state index in [1.165, 1.54) is 23.1 Å². The summed E-state index contributed by atoms with van der Waals surface area (Å²) in [5, 5.41) is 12.1. The van der Waals surface area contributed by atoms with Gasteiger partial charge in [0, 0.05) is 11.6 Å². The van der Waals surface area contributed by atoms with E-state index in [1.54, 1.807) is 0 Å². The molecule has 21 heavy (non-hydrogen) atoms. The fourth-order valence-electron chi connectivity index (χ4n) is 1.60. The van der Waals surface area contributed by atoms with E-state index >= 15 is 0 Å². The summed E-state index contributed by atoms with van der Waals surface area (Å²) in [7, 11) is 0. The molecule has 0 fully saturated rings. The third-order valence-electron chi connectivity index (χ3n) is 2.38. The molecule has 2 N–H and O–H groups in total. The first-order chi connectivity index (χ1) is 9.83. The Hall–Kier alpha value is -1.27. The number of hydrogen-bond acceptors (Lipinski definition) is 3. The number of amides is 1. The van der Waals surface area contributed by atoms with Crippen LogP contribution >= 0.6 is 34.8 Å². The van der Waals surface area contributed by atoms with Crippen molar-refractivity contribution in [1.82, 2.24) is 4.90 Å². The van der Waals surface area contributed by atoms with Crippen LogP contribution in [0, 0.1) is 0 Å². The summed E-state index contributed by atoms with van der Waals surface area (Å²) in [4.78, 5) is 24.0. The van der Waals surface area contributed by atoms with E-state index < -0.39 is 11.9 Å². The maximum Gasteiger partial charge on any atom is 0.317 e. The molecule has 0 atom stereocenters. The predicted octanol–water partition coefficient (Wildman–Crippen LogP) is 3.16. The average Bonchev–Trinajstić information content (AvgIpc) is 2.33. The summed E-state index contributed by atoms with van der Waals surface area (Å²) in [5.74, 6) is -1.48. The maximum atomic E-state index is 11.9. The summed E-state index contributed by atoms with van der Waals surface area (Å²) in [5.41, 5.74) is 0.238. The zero-order chi connectivity index (χ0) is 16.0. The number of carboxylic acid groups (broad SMARTS) is 1. The summed E-state index contributed by atoms with van der Waals surface area (Å²) in [6.07, 6.45) is 1.51. The van der Waals surface area contributed by atoms with Crippen LogP contribution in [-0.2, 0) is 9.59 Å². The van der Waals surface area contributed by atoms with Gasteiger partial charge in [0.15, 0.2) is 0 Å². The van der Waals surface area contributed by atoms with E-state index in [4.69, 9.17) is 39.9 Å². The van der Waals surface area contributed by atoms with Crippen LogP contribution in [0.5, 0.6) is 0 Å². The number of anilines is 1. The maximum absolute atomic E-state index is 11.9. The van der Waals surface area contributed by atoms with Gasteiger partial charge in [-0.2, -0.15) is 0 Å². The van der Waals surface area contributed by atoms with E-state index in [9.17, 15) is 9.59 Å². The highest BCUT2D eigenvalue weighted by atomic mass is 35.5. The molecule has 5 nitrogen and oxygen atoms in total. The fraction of sp³-hybridized carbons (Fsp3) is 0.231. The third kappa shape index (κ3) is 5.93. The molecule has 0 aliphatic heterocycles. The van der Waals surface area contributed by atoms with Gasteiger partial charge < -0.3 is 10.4 Å². The van der Waals surface area contributed by atoms with Gasteiger partial charge in [-0.15, -0.1) is 6.58 Å². The Bertz CT molecular complexity index is 541. The lowest BCUT2D eigenvalue weighted by molar-refractivity contribution is -0.138. The molecule has 0 aliphatic carbocycles. The van der Waals surface area contributed by atoms with E-state index in [0.29, 0.717) is 5.02 Å². The Morgan fingerprint density at radius 1 is 1.24 bits per heavy atom. The highest BCUT2D eigenvalue weighted by Crippen LogP contribution is 2.33. The lowest BCUT2D eigenvalue weighted by atomic mass is 10.3. The van der Waals surface area contributed by atoms with Gasteiger partial charge in [0.1, 0.15) is 0 Å². The zero-order valence-corrected chi connectivity index (χ0v) is 13.2. The van der Waals surface area contributed by atoms with Crippen molar-refractivity contribution >= 4 is 52.4 Å². The second-order valence-corrected chi connectivity index (χ2v) is 5.40. The molecule has 0 saturated carbocycles. The smallest absolute Gasteiger partial charge is 0.317 e. The minimum atomic E-state index is -1.03. The number of rotatable bonds is 7. The molecule has 1 rings (SSSR count). The first-order valence-corrected chi connectivity index (χ1v) is 6.96. The van der Waals surface area contributed by atoms with Crippen LogP contribution in [0.1, 0.15) is 0 Å². The van der Waals surface area contributed by atoms with Crippen molar-refractivity contribution in [3.63, 3.8) is 0 Å². The zero-order valence-electron chi connectivity index (χ0n) is 10.9. The van der Waals surface area contributed by atoms with Gasteiger partial charge in [0.25, 0.3) is 0 Å². The van der Waals surface area contributed by atoms with Crippen molar-refractivity contribution < 1.29 is 14.7 Å². The largest absolute Gasteiger partial charge is 0.480 e. The molecule has 0 heterocycles. The molecule has 0 radical (unpaired) electrons. The molecule has 1 aromatic rings. The number of benzene rings is 1. The van der Waals surface area contributed by atoms with Crippen molar-refractivity contribution in [3.05, 3.63) is 39.9 Å². The normalized spacial score (nSPS) is 10.5. The van der Waals surface area contributed by atoms with Crippen molar-refractivity contribution in [2.24, 2.45) is 0 Å². The highest BCUT2D eigenvalue weighted by Gasteiger charge is 2.15. The molecule has 0 aliphatic rings. The Kier molecular flexibility index (Phi) is 6.98. The van der Waals surface area contributed by atoms with Gasteiger partial charge in [-0.3, -0.25) is 14.5 Å². The SMILES string of the molecule is C=CCN(CC(=O)O)CC(=O)Nc1c(Cl)cc(Cl)cc1Cl. The van der Waals surface area contributed by atoms with Crippen LogP contribution in [0.4, 0.5) is 5.69 Å². The third-order valence-corrected chi connectivity index (χ3v) is 3.20. The quantitative estimate of drug-likeness (QED) is 0.740. The van der Waals surface area contributed by atoms with Crippen LogP contribution in [-0.4, -0.2) is 41.5 Å². The van der Waals surface area contributed by atoms with Crippen molar-refractivity contribution in [3.8, 4) is 0 Å². The van der Waals surface area contributed by atoms with Gasteiger partial charge in [0.2, 0.25) is 5.91 Å². The van der Waals surface area contributed by atoms with E-state index in [-0.39, 0.29) is 35.4 Å². The topological polar surface area (TPSA) is 69.6 Å². The second-order valence-electron chi connectivity index (χ2n) is 4.14. The number of halogens is 3. The molecule has 8 heteroatoms. The lowest BCUT2D eigenvalue weighted by Crippen LogP contribution is -2.37. The molecule has 0 aromatic heterocycles. The highest BCUT2D eigenvalue weighted by molar-refractivity contribution is 6.42. The number of hydrogen-bond donors (Lipinski definition) is 2. The molecule has 0 saturated heterocycles. The Balaban J connectivity index is 2.76. The van der Waals surface area contributed by atoms with E-state index in [1.807, 2.05) is 0 Å². The Morgan fingerprint density at radius 3 is 2.29 bits per heavy atom. The first-order valence-electron chi connectivity index (χ1n) is 5.83. The van der Waals surface area contributed by atoms with Crippen LogP contribution in [0.3, 0.4) is 0 Å². The standard InChI is InChI=1S/C13H13Cl3N2O3/c1-2-3-18(7-12(20)21)6-11(19)17-13-9(15)4-8(14)5-10(13)16/h2,4-5H,1,3,6-7H2,(H,17,19)(H,20,21). The molecule has 1 amide bonds. The monoisotopic (exact) mass is 350 g/mol. The number of carboxylic acids is 1. The molecule has 114 valence electrons. The summed E-state index contributed by atoms with van der Waals surface area (Å²) < 4.78 is 0. The summed E-state index contributed by atoms with van der Waals surface area (Å²) in [6.45, 7) is 3.37. The van der Waals surface area contributed by atoms with Crippen LogP contribution in [0.25, 0.3) is 0 Å². The Labute approximate surface area is 137 Å². The molecular weight excluding hydrogens is 339 g/mol. The second kappa shape index (κ2) is 8.24. The summed E-state index contributed by atoms with van der Waals surface area (Å²) in [6, 6.07) is 2.90. The van der Waals surface area contributed by atoms with Crippen LogP contribution < -0.4 is 5.32 Å². The first kappa shape index (κ1) is 17.8. The fourth-order valence-corrected chi connectivity index (χ4v) is 2.51. The van der Waals surface area contributed by atoms with Gasteiger partial charge in [-0.25, -0.2) is 0 Å². The molecule has 1 aromatic carbocycles. The number of aliphatic carboxylic acids is 1. The van der Waals surface area contributed by atoms with E-state index in [2.05, 4.69) is 11.9 Å². The van der Waals surface area contributed by atoms with Gasteiger partial charge in [-0.1, -0.05) is 40.9 Å². The number of nitrogens with zero attached hydrogens (tertiary/aromatic N) is 1. The van der Waals surface area contributed by atoms with Gasteiger partial charge in [0.05, 0.1) is 28.8 Å². The number of nitrogens with one attached hydrogen (secondary N) is 1. The van der Waals surface area contributed by atoms with E-state index in [0.717, 1.165) is 0 Å². The van der Waals surface area contributed by atoms with Gasteiger partial charge in [-0.05, 0) is 12.1 Å². The summed E-state index contributed by atoms with van der Waals surface area (Å²) >= 11 is 17.7. The molecular formula is C13H13Cl3N2O3. The van der Waals surface area contributed by atoms with Crippen molar-refractivity contribution in [1.29, 1.82) is 0 Å². The minimum absolute atomic E-state index is 0.131. The minimum Gasteiger partial charge on any atom is -0.480 e.